The molecule has 0 aromatic carbocycles. The van der Waals surface area contributed by atoms with Gasteiger partial charge in [-0.15, -0.1) is 0 Å². The van der Waals surface area contributed by atoms with Crippen LogP contribution in [0.5, 0.6) is 0 Å². The number of nitrogens with one attached hydrogen (secondary N) is 1. The normalized spacial score (nSPS) is 31.9. The Kier molecular flexibility index (Phi) is 7.43. The molecule has 0 radical (unpaired) electrons. The largest absolute Gasteiger partial charge is 0.388 e. The zero-order chi connectivity index (χ0) is 15.1. The lowest BCUT2D eigenvalue weighted by Gasteiger charge is -2.37. The molecule has 0 spiro atoms. The lowest BCUT2D eigenvalue weighted by atomic mass is 9.91. The molecular weight excluding hydrogens is 262 g/mol. The monoisotopic (exact) mass is 289 g/mol. The van der Waals surface area contributed by atoms with Gasteiger partial charge in [0, 0.05) is 6.54 Å². The van der Waals surface area contributed by atoms with Crippen LogP contribution >= 0.6 is 0 Å². The van der Waals surface area contributed by atoms with Crippen molar-refractivity contribution in [3.63, 3.8) is 0 Å². The van der Waals surface area contributed by atoms with Crippen LogP contribution in [-0.2, 0) is 9.53 Å². The number of rotatable bonds is 7. The number of unbranched alkanes of at least 4 members (excludes halogenated alkanes) is 3. The van der Waals surface area contributed by atoms with E-state index < -0.39 is 30.3 Å². The van der Waals surface area contributed by atoms with Crippen molar-refractivity contribution in [2.75, 3.05) is 13.2 Å². The van der Waals surface area contributed by atoms with Gasteiger partial charge in [0.15, 0.2) is 0 Å². The summed E-state index contributed by atoms with van der Waals surface area (Å²) in [5.41, 5.74) is 0. The summed E-state index contributed by atoms with van der Waals surface area (Å²) in [4.78, 5) is 12.0. The van der Waals surface area contributed by atoms with Crippen molar-refractivity contribution in [3.05, 3.63) is 0 Å². The number of amides is 1. The maximum Gasteiger partial charge on any atom is 0.225 e. The zero-order valence-corrected chi connectivity index (χ0v) is 12.3. The predicted octanol–water partition coefficient (Wildman–Crippen LogP) is -0.199. The number of ether oxygens (including phenoxy) is 1. The van der Waals surface area contributed by atoms with E-state index >= 15 is 0 Å². The van der Waals surface area contributed by atoms with E-state index in [4.69, 9.17) is 4.74 Å². The minimum atomic E-state index is -1.27. The van der Waals surface area contributed by atoms with Crippen LogP contribution in [0.4, 0.5) is 0 Å². The van der Waals surface area contributed by atoms with Crippen molar-refractivity contribution in [2.24, 2.45) is 5.92 Å². The Morgan fingerprint density at radius 1 is 1.25 bits per heavy atom. The molecule has 2 unspecified atom stereocenters. The third-order valence-electron chi connectivity index (χ3n) is 3.78. The highest BCUT2D eigenvalue weighted by molar-refractivity contribution is 5.78. The first-order chi connectivity index (χ1) is 9.49. The van der Waals surface area contributed by atoms with Gasteiger partial charge < -0.3 is 25.4 Å². The minimum absolute atomic E-state index is 0.0724. The molecule has 6 heteroatoms. The fourth-order valence-corrected chi connectivity index (χ4v) is 2.34. The summed E-state index contributed by atoms with van der Waals surface area (Å²) in [6.07, 6.45) is -0.102. The molecule has 0 aliphatic carbocycles. The van der Waals surface area contributed by atoms with Gasteiger partial charge in [-0.1, -0.05) is 33.1 Å². The molecule has 6 nitrogen and oxygen atoms in total. The van der Waals surface area contributed by atoms with E-state index in [1.807, 2.05) is 0 Å². The SMILES string of the molecule is CCCCCCNC(=O)C(C)C1OC[C@@H](O)[C@H](O)[C@H]1O. The van der Waals surface area contributed by atoms with Crippen molar-refractivity contribution >= 4 is 5.91 Å². The molecule has 1 fully saturated rings. The summed E-state index contributed by atoms with van der Waals surface area (Å²) in [7, 11) is 0. The molecule has 1 heterocycles. The number of hydrogen-bond acceptors (Lipinski definition) is 5. The van der Waals surface area contributed by atoms with Gasteiger partial charge in [0.1, 0.15) is 18.3 Å². The molecule has 1 aliphatic rings. The van der Waals surface area contributed by atoms with Gasteiger partial charge in [-0.25, -0.2) is 0 Å². The highest BCUT2D eigenvalue weighted by Crippen LogP contribution is 2.22. The fraction of sp³-hybridized carbons (Fsp3) is 0.929. The minimum Gasteiger partial charge on any atom is -0.388 e. The van der Waals surface area contributed by atoms with E-state index in [1.54, 1.807) is 6.92 Å². The van der Waals surface area contributed by atoms with Crippen molar-refractivity contribution in [1.82, 2.24) is 5.32 Å². The summed E-state index contributed by atoms with van der Waals surface area (Å²) in [6.45, 7) is 4.32. The number of aliphatic hydroxyl groups is 3. The topological polar surface area (TPSA) is 99.0 Å². The summed E-state index contributed by atoms with van der Waals surface area (Å²) in [5.74, 6) is -0.771. The van der Waals surface area contributed by atoms with Crippen molar-refractivity contribution in [1.29, 1.82) is 0 Å². The third-order valence-corrected chi connectivity index (χ3v) is 3.78. The Labute approximate surface area is 120 Å². The van der Waals surface area contributed by atoms with E-state index in [-0.39, 0.29) is 12.5 Å². The second kappa shape index (κ2) is 8.56. The number of carbonyl (C=O) groups excluding carboxylic acids is 1. The van der Waals surface area contributed by atoms with Crippen LogP contribution in [0, 0.1) is 5.92 Å². The van der Waals surface area contributed by atoms with Crippen LogP contribution in [0.3, 0.4) is 0 Å². The lowest BCUT2D eigenvalue weighted by molar-refractivity contribution is -0.200. The molecule has 118 valence electrons. The number of aliphatic hydroxyl groups excluding tert-OH is 3. The van der Waals surface area contributed by atoms with Gasteiger partial charge in [-0.2, -0.15) is 0 Å². The van der Waals surface area contributed by atoms with Crippen LogP contribution in [0.2, 0.25) is 0 Å². The second-order valence-electron chi connectivity index (χ2n) is 5.49. The van der Waals surface area contributed by atoms with Crippen LogP contribution in [0.1, 0.15) is 39.5 Å². The van der Waals surface area contributed by atoms with Gasteiger partial charge in [-0.05, 0) is 6.42 Å². The predicted molar refractivity (Wildman–Crippen MR) is 74.1 cm³/mol. The molecule has 1 aliphatic heterocycles. The molecule has 0 aromatic rings. The van der Waals surface area contributed by atoms with Gasteiger partial charge in [0.25, 0.3) is 0 Å². The second-order valence-corrected chi connectivity index (χ2v) is 5.49. The number of hydrogen-bond donors (Lipinski definition) is 4. The van der Waals surface area contributed by atoms with E-state index in [2.05, 4.69) is 12.2 Å². The first kappa shape index (κ1) is 17.4. The van der Waals surface area contributed by atoms with E-state index in [0.29, 0.717) is 6.54 Å². The molecule has 20 heavy (non-hydrogen) atoms. The maximum atomic E-state index is 12.0. The molecule has 0 saturated carbocycles. The van der Waals surface area contributed by atoms with Crippen molar-refractivity contribution < 1.29 is 24.9 Å². The summed E-state index contributed by atoms with van der Waals surface area (Å²) in [5, 5.41) is 31.6. The quantitative estimate of drug-likeness (QED) is 0.487. The van der Waals surface area contributed by atoms with Crippen molar-refractivity contribution in [3.8, 4) is 0 Å². The van der Waals surface area contributed by atoms with Crippen LogP contribution in [0.25, 0.3) is 0 Å². The molecule has 0 aromatic heterocycles. The van der Waals surface area contributed by atoms with E-state index in [0.717, 1.165) is 25.7 Å². The first-order valence-electron chi connectivity index (χ1n) is 7.42. The van der Waals surface area contributed by atoms with Crippen LogP contribution in [0.15, 0.2) is 0 Å². The maximum absolute atomic E-state index is 12.0. The van der Waals surface area contributed by atoms with Crippen LogP contribution < -0.4 is 5.32 Å². The smallest absolute Gasteiger partial charge is 0.225 e. The molecule has 1 saturated heterocycles. The molecule has 0 bridgehead atoms. The lowest BCUT2D eigenvalue weighted by Crippen LogP contribution is -2.56. The zero-order valence-electron chi connectivity index (χ0n) is 12.3. The standard InChI is InChI=1S/C14H27NO5/c1-3-4-5-6-7-15-14(19)9(2)13-12(18)11(17)10(16)8-20-13/h9-13,16-18H,3-8H2,1-2H3,(H,15,19)/t9?,10-,11+,12-,13?/m1/s1. The Bertz CT molecular complexity index is 299. The molecule has 5 atom stereocenters. The van der Waals surface area contributed by atoms with Gasteiger partial charge in [0.2, 0.25) is 5.91 Å². The third kappa shape index (κ3) is 4.70. The molecule has 4 N–H and O–H groups in total. The highest BCUT2D eigenvalue weighted by Gasteiger charge is 2.42. The molecular formula is C14H27NO5. The van der Waals surface area contributed by atoms with Crippen LogP contribution in [-0.4, -0.2) is 58.8 Å². The van der Waals surface area contributed by atoms with E-state index in [1.165, 1.54) is 0 Å². The Balaban J connectivity index is 2.36. The van der Waals surface area contributed by atoms with Crippen molar-refractivity contribution in [2.45, 2.75) is 63.9 Å². The molecule has 1 rings (SSSR count). The average molecular weight is 289 g/mol. The average Bonchev–Trinajstić information content (AvgIpc) is 2.44. The highest BCUT2D eigenvalue weighted by atomic mass is 16.5. The van der Waals surface area contributed by atoms with Gasteiger partial charge in [-0.3, -0.25) is 4.79 Å². The van der Waals surface area contributed by atoms with E-state index in [9.17, 15) is 20.1 Å². The molecule has 1 amide bonds. The fourth-order valence-electron chi connectivity index (χ4n) is 2.34. The number of carbonyl (C=O) groups is 1. The summed E-state index contributed by atoms with van der Waals surface area (Å²) < 4.78 is 5.28. The van der Waals surface area contributed by atoms with Gasteiger partial charge in [0.05, 0.1) is 18.6 Å². The Morgan fingerprint density at radius 3 is 2.60 bits per heavy atom. The van der Waals surface area contributed by atoms with Gasteiger partial charge >= 0.3 is 0 Å². The summed E-state index contributed by atoms with van der Waals surface area (Å²) in [6, 6.07) is 0. The Morgan fingerprint density at radius 2 is 1.95 bits per heavy atom. The summed E-state index contributed by atoms with van der Waals surface area (Å²) >= 11 is 0. The Hall–Kier alpha value is -0.690. The first-order valence-corrected chi connectivity index (χ1v) is 7.42.